The number of para-hydroxylation sites is 1. The highest BCUT2D eigenvalue weighted by molar-refractivity contribution is 6.03. The van der Waals surface area contributed by atoms with E-state index in [0.717, 1.165) is 0 Å². The molecule has 0 heterocycles. The SMILES string of the molecule is COc1cc(F)ccc1NC(C)C(=O)NC(=O)Nc1ccccc1. The van der Waals surface area contributed by atoms with Crippen molar-refractivity contribution in [2.75, 3.05) is 17.7 Å². The first-order valence-corrected chi connectivity index (χ1v) is 7.26. The van der Waals surface area contributed by atoms with Gasteiger partial charge in [-0.15, -0.1) is 0 Å². The van der Waals surface area contributed by atoms with E-state index < -0.39 is 23.8 Å². The summed E-state index contributed by atoms with van der Waals surface area (Å²) in [7, 11) is 1.40. The van der Waals surface area contributed by atoms with Crippen LogP contribution in [0.5, 0.6) is 5.75 Å². The largest absolute Gasteiger partial charge is 0.494 e. The predicted molar refractivity (Wildman–Crippen MR) is 89.6 cm³/mol. The summed E-state index contributed by atoms with van der Waals surface area (Å²) in [6.45, 7) is 1.58. The quantitative estimate of drug-likeness (QED) is 0.787. The number of urea groups is 1. The van der Waals surface area contributed by atoms with E-state index in [1.165, 1.54) is 25.3 Å². The average molecular weight is 331 g/mol. The third-order valence-corrected chi connectivity index (χ3v) is 3.20. The number of imide groups is 1. The fraction of sp³-hybridized carbons (Fsp3) is 0.176. The summed E-state index contributed by atoms with van der Waals surface area (Å²) >= 11 is 0. The molecule has 0 fully saturated rings. The Morgan fingerprint density at radius 2 is 1.83 bits per heavy atom. The van der Waals surface area contributed by atoms with E-state index in [1.807, 2.05) is 6.07 Å². The monoisotopic (exact) mass is 331 g/mol. The van der Waals surface area contributed by atoms with Gasteiger partial charge >= 0.3 is 6.03 Å². The maximum absolute atomic E-state index is 13.2. The van der Waals surface area contributed by atoms with E-state index in [9.17, 15) is 14.0 Å². The summed E-state index contributed by atoms with van der Waals surface area (Å²) in [5.41, 5.74) is 1.02. The van der Waals surface area contributed by atoms with E-state index in [1.54, 1.807) is 31.2 Å². The van der Waals surface area contributed by atoms with E-state index in [-0.39, 0.29) is 5.75 Å². The van der Waals surface area contributed by atoms with Crippen LogP contribution in [0.1, 0.15) is 6.92 Å². The summed E-state index contributed by atoms with van der Waals surface area (Å²) in [4.78, 5) is 23.9. The smallest absolute Gasteiger partial charge is 0.325 e. The first-order chi connectivity index (χ1) is 11.5. The Labute approximate surface area is 139 Å². The lowest BCUT2D eigenvalue weighted by Crippen LogP contribution is -2.43. The number of hydrogen-bond donors (Lipinski definition) is 3. The molecule has 0 aliphatic rings. The number of benzene rings is 2. The zero-order valence-electron chi connectivity index (χ0n) is 13.3. The summed E-state index contributed by atoms with van der Waals surface area (Å²) in [6.07, 6.45) is 0. The number of ether oxygens (including phenoxy) is 1. The molecular weight excluding hydrogens is 313 g/mol. The van der Waals surface area contributed by atoms with Crippen molar-refractivity contribution >= 4 is 23.3 Å². The topological polar surface area (TPSA) is 79.5 Å². The fourth-order valence-electron chi connectivity index (χ4n) is 1.99. The van der Waals surface area contributed by atoms with Crippen molar-refractivity contribution in [3.05, 3.63) is 54.3 Å². The van der Waals surface area contributed by atoms with Gasteiger partial charge in [-0.25, -0.2) is 9.18 Å². The Hall–Kier alpha value is -3.09. The molecule has 2 aromatic rings. The molecule has 0 aliphatic heterocycles. The molecule has 3 N–H and O–H groups in total. The van der Waals surface area contributed by atoms with E-state index in [0.29, 0.717) is 11.4 Å². The second-order valence-electron chi connectivity index (χ2n) is 5.02. The number of carbonyl (C=O) groups excluding carboxylic acids is 2. The molecule has 3 amide bonds. The molecule has 1 atom stereocenters. The normalized spacial score (nSPS) is 11.3. The number of halogens is 1. The molecule has 0 spiro atoms. The van der Waals surface area contributed by atoms with Gasteiger partial charge in [-0.1, -0.05) is 18.2 Å². The predicted octanol–water partition coefficient (Wildman–Crippen LogP) is 2.98. The van der Waals surface area contributed by atoms with Crippen LogP contribution in [0.3, 0.4) is 0 Å². The summed E-state index contributed by atoms with van der Waals surface area (Å²) in [6, 6.07) is 11.3. The standard InChI is InChI=1S/C17H18FN3O3/c1-11(19-14-9-8-12(18)10-15(14)24-2)16(22)21-17(23)20-13-6-4-3-5-7-13/h3-11,19H,1-2H3,(H2,20,21,22,23). The zero-order valence-corrected chi connectivity index (χ0v) is 13.3. The number of anilines is 2. The minimum atomic E-state index is -0.731. The number of amides is 3. The number of rotatable bonds is 5. The fourth-order valence-corrected chi connectivity index (χ4v) is 1.99. The first kappa shape index (κ1) is 17.3. The van der Waals surface area contributed by atoms with Gasteiger partial charge in [0, 0.05) is 11.8 Å². The molecule has 126 valence electrons. The Bertz CT molecular complexity index is 722. The summed E-state index contributed by atoms with van der Waals surface area (Å²) < 4.78 is 18.2. The number of hydrogen-bond acceptors (Lipinski definition) is 4. The first-order valence-electron chi connectivity index (χ1n) is 7.26. The van der Waals surface area contributed by atoms with Gasteiger partial charge in [0.1, 0.15) is 17.6 Å². The molecule has 0 radical (unpaired) electrons. The molecule has 1 unspecified atom stereocenters. The number of methoxy groups -OCH3 is 1. The Morgan fingerprint density at radius 3 is 2.50 bits per heavy atom. The third kappa shape index (κ3) is 4.70. The minimum absolute atomic E-state index is 0.267. The lowest BCUT2D eigenvalue weighted by Gasteiger charge is -2.17. The van der Waals surface area contributed by atoms with Gasteiger partial charge < -0.3 is 15.4 Å². The summed E-state index contributed by atoms with van der Waals surface area (Å²) in [5, 5.41) is 7.65. The van der Waals surface area contributed by atoms with Gasteiger partial charge in [0.15, 0.2) is 0 Å². The Kier molecular flexibility index (Phi) is 5.73. The molecule has 0 aliphatic carbocycles. The second kappa shape index (κ2) is 7.96. The highest BCUT2D eigenvalue weighted by Gasteiger charge is 2.17. The molecule has 6 nitrogen and oxygen atoms in total. The highest BCUT2D eigenvalue weighted by atomic mass is 19.1. The van der Waals surface area contributed by atoms with E-state index in [4.69, 9.17) is 4.74 Å². The average Bonchev–Trinajstić information content (AvgIpc) is 2.57. The third-order valence-electron chi connectivity index (χ3n) is 3.20. The van der Waals surface area contributed by atoms with Gasteiger partial charge in [0.2, 0.25) is 5.91 Å². The molecule has 24 heavy (non-hydrogen) atoms. The maximum atomic E-state index is 13.2. The van der Waals surface area contributed by atoms with Crippen LogP contribution in [0, 0.1) is 5.82 Å². The van der Waals surface area contributed by atoms with Crippen LogP contribution in [0.15, 0.2) is 48.5 Å². The van der Waals surface area contributed by atoms with Crippen molar-refractivity contribution < 1.29 is 18.7 Å². The minimum Gasteiger partial charge on any atom is -0.494 e. The summed E-state index contributed by atoms with van der Waals surface area (Å²) in [5.74, 6) is -0.713. The molecule has 2 aromatic carbocycles. The van der Waals surface area contributed by atoms with Gasteiger partial charge in [0.25, 0.3) is 0 Å². The van der Waals surface area contributed by atoms with Crippen molar-refractivity contribution in [3.8, 4) is 5.75 Å². The Balaban J connectivity index is 1.93. The number of carbonyl (C=O) groups is 2. The molecular formula is C17H18FN3O3. The van der Waals surface area contributed by atoms with Crippen LogP contribution in [0.25, 0.3) is 0 Å². The molecule has 0 bridgehead atoms. The van der Waals surface area contributed by atoms with Crippen molar-refractivity contribution in [3.63, 3.8) is 0 Å². The molecule has 2 rings (SSSR count). The van der Waals surface area contributed by atoms with Crippen LogP contribution in [-0.4, -0.2) is 25.1 Å². The lowest BCUT2D eigenvalue weighted by molar-refractivity contribution is -0.120. The van der Waals surface area contributed by atoms with Crippen molar-refractivity contribution in [1.82, 2.24) is 5.32 Å². The molecule has 0 aromatic heterocycles. The zero-order chi connectivity index (χ0) is 17.5. The van der Waals surface area contributed by atoms with Crippen molar-refractivity contribution in [1.29, 1.82) is 0 Å². The lowest BCUT2D eigenvalue weighted by atomic mass is 10.2. The second-order valence-corrected chi connectivity index (χ2v) is 5.02. The van der Waals surface area contributed by atoms with Crippen LogP contribution in [0.2, 0.25) is 0 Å². The van der Waals surface area contributed by atoms with Gasteiger partial charge in [0.05, 0.1) is 12.8 Å². The molecule has 7 heteroatoms. The van der Waals surface area contributed by atoms with E-state index >= 15 is 0 Å². The van der Waals surface area contributed by atoms with Crippen molar-refractivity contribution in [2.24, 2.45) is 0 Å². The van der Waals surface area contributed by atoms with Crippen LogP contribution in [-0.2, 0) is 4.79 Å². The van der Waals surface area contributed by atoms with Gasteiger partial charge in [-0.3, -0.25) is 10.1 Å². The highest BCUT2D eigenvalue weighted by Crippen LogP contribution is 2.25. The maximum Gasteiger partial charge on any atom is 0.325 e. The number of nitrogens with one attached hydrogen (secondary N) is 3. The van der Waals surface area contributed by atoms with Crippen LogP contribution >= 0.6 is 0 Å². The van der Waals surface area contributed by atoms with Crippen molar-refractivity contribution in [2.45, 2.75) is 13.0 Å². The van der Waals surface area contributed by atoms with E-state index in [2.05, 4.69) is 16.0 Å². The van der Waals surface area contributed by atoms with Gasteiger partial charge in [-0.2, -0.15) is 0 Å². The van der Waals surface area contributed by atoms with Gasteiger partial charge in [-0.05, 0) is 31.2 Å². The van der Waals surface area contributed by atoms with Crippen LogP contribution < -0.4 is 20.7 Å². The van der Waals surface area contributed by atoms with Crippen LogP contribution in [0.4, 0.5) is 20.6 Å². The Morgan fingerprint density at radius 1 is 1.12 bits per heavy atom. The molecule has 0 saturated heterocycles. The molecule has 0 saturated carbocycles.